The number of aryl methyl sites for hydroxylation is 1. The van der Waals surface area contributed by atoms with Crippen LogP contribution in [0.15, 0.2) is 51.2 Å². The van der Waals surface area contributed by atoms with Crippen LogP contribution in [0.5, 0.6) is 11.5 Å². The minimum absolute atomic E-state index is 0.217. The van der Waals surface area contributed by atoms with Crippen LogP contribution in [0.4, 0.5) is 11.6 Å². The topological polar surface area (TPSA) is 90.3 Å². The van der Waals surface area contributed by atoms with Gasteiger partial charge in [0.2, 0.25) is 11.1 Å². The fourth-order valence-corrected chi connectivity index (χ4v) is 5.27. The number of carbonyl (C=O) groups is 1. The molecule has 1 aromatic heterocycles. The lowest BCUT2D eigenvalue weighted by atomic mass is 9.94. The number of halogens is 1. The lowest BCUT2D eigenvalue weighted by molar-refractivity contribution is -0.113. The molecule has 2 aromatic carbocycles. The molecule has 35 heavy (non-hydrogen) atoms. The number of fused-ring (bicyclic) bond motifs is 1. The van der Waals surface area contributed by atoms with E-state index in [4.69, 9.17) is 14.6 Å². The summed E-state index contributed by atoms with van der Waals surface area (Å²) in [5, 5.41) is 11.8. The Bertz CT molecular complexity index is 1320. The molecule has 1 atom stereocenters. The lowest BCUT2D eigenvalue weighted by Crippen LogP contribution is -2.31. The van der Waals surface area contributed by atoms with Crippen LogP contribution in [0.1, 0.15) is 36.6 Å². The molecular weight excluding hydrogens is 530 g/mol. The number of hydrogen-bond acceptors (Lipinski definition) is 7. The number of hydrogen-bond donors (Lipinski definition) is 2. The smallest absolute Gasteiger partial charge is 0.255 e. The monoisotopic (exact) mass is 557 g/mol. The van der Waals surface area contributed by atoms with Crippen LogP contribution in [0.3, 0.4) is 0 Å². The van der Waals surface area contributed by atoms with Crippen LogP contribution in [0.2, 0.25) is 0 Å². The Hall–Kier alpha value is -2.98. The van der Waals surface area contributed by atoms with Gasteiger partial charge in [0.15, 0.2) is 11.5 Å². The van der Waals surface area contributed by atoms with Gasteiger partial charge < -0.3 is 20.1 Å². The number of thioether (sulfide) groups is 1. The van der Waals surface area contributed by atoms with E-state index in [1.807, 2.05) is 58.0 Å². The Morgan fingerprint density at radius 3 is 2.69 bits per heavy atom. The van der Waals surface area contributed by atoms with Gasteiger partial charge in [-0.1, -0.05) is 30.8 Å². The van der Waals surface area contributed by atoms with Gasteiger partial charge in [-0.2, -0.15) is 4.98 Å². The number of benzene rings is 2. The van der Waals surface area contributed by atoms with Crippen LogP contribution < -0.4 is 20.1 Å². The van der Waals surface area contributed by atoms with Crippen LogP contribution >= 0.6 is 27.7 Å². The molecule has 1 aliphatic heterocycles. The van der Waals surface area contributed by atoms with Crippen molar-refractivity contribution in [3.8, 4) is 11.5 Å². The van der Waals surface area contributed by atoms with Crippen molar-refractivity contribution < 1.29 is 14.3 Å². The van der Waals surface area contributed by atoms with Crippen molar-refractivity contribution in [1.82, 2.24) is 14.8 Å². The highest BCUT2D eigenvalue weighted by Gasteiger charge is 2.35. The predicted octanol–water partition coefficient (Wildman–Crippen LogP) is 5.71. The summed E-state index contributed by atoms with van der Waals surface area (Å²) in [5.74, 6) is 2.33. The third-order valence-corrected chi connectivity index (χ3v) is 7.28. The second-order valence-electron chi connectivity index (χ2n) is 8.10. The number of ether oxygens (including phenoxy) is 2. The summed E-state index contributed by atoms with van der Waals surface area (Å²) in [4.78, 5) is 18.4. The minimum atomic E-state index is -0.536. The number of amides is 1. The lowest BCUT2D eigenvalue weighted by Gasteiger charge is -2.29. The molecule has 0 fully saturated rings. The highest BCUT2D eigenvalue weighted by molar-refractivity contribution is 9.10. The van der Waals surface area contributed by atoms with Crippen LogP contribution in [-0.2, 0) is 4.79 Å². The Morgan fingerprint density at radius 1 is 1.23 bits per heavy atom. The van der Waals surface area contributed by atoms with E-state index in [9.17, 15) is 4.79 Å². The molecule has 2 heterocycles. The van der Waals surface area contributed by atoms with E-state index in [0.717, 1.165) is 28.1 Å². The van der Waals surface area contributed by atoms with Gasteiger partial charge in [-0.05, 0) is 77.3 Å². The summed E-state index contributed by atoms with van der Waals surface area (Å²) in [5.41, 5.74) is 4.95. The van der Waals surface area contributed by atoms with Gasteiger partial charge in [-0.15, -0.1) is 5.10 Å². The summed E-state index contributed by atoms with van der Waals surface area (Å²) in [7, 11) is 3.17. The second-order valence-corrected chi connectivity index (χ2v) is 10.2. The highest BCUT2D eigenvalue weighted by Crippen LogP contribution is 2.43. The molecule has 1 aliphatic rings. The molecule has 0 saturated carbocycles. The van der Waals surface area contributed by atoms with Crippen molar-refractivity contribution in [3.05, 3.63) is 62.8 Å². The van der Waals surface area contributed by atoms with Crippen LogP contribution in [0.25, 0.3) is 0 Å². The van der Waals surface area contributed by atoms with Gasteiger partial charge in [-0.25, -0.2) is 4.68 Å². The van der Waals surface area contributed by atoms with Gasteiger partial charge in [0.1, 0.15) is 6.04 Å². The molecule has 4 rings (SSSR count). The third kappa shape index (κ3) is 4.77. The van der Waals surface area contributed by atoms with E-state index in [-0.39, 0.29) is 5.91 Å². The zero-order chi connectivity index (χ0) is 25.3. The number of aromatic nitrogens is 3. The zero-order valence-electron chi connectivity index (χ0n) is 20.5. The fraction of sp³-hybridized carbons (Fsp3) is 0.320. The van der Waals surface area contributed by atoms with E-state index in [0.29, 0.717) is 38.3 Å². The van der Waals surface area contributed by atoms with Gasteiger partial charge in [0, 0.05) is 11.4 Å². The normalized spacial score (nSPS) is 14.9. The number of methoxy groups -OCH3 is 2. The number of nitrogens with one attached hydrogen (secondary N) is 2. The maximum atomic E-state index is 13.8. The number of nitrogens with zero attached hydrogens (tertiary/aromatic N) is 3. The van der Waals surface area contributed by atoms with Crippen molar-refractivity contribution in [2.45, 2.75) is 38.9 Å². The van der Waals surface area contributed by atoms with Crippen molar-refractivity contribution in [2.75, 3.05) is 30.6 Å². The van der Waals surface area contributed by atoms with Crippen molar-refractivity contribution in [1.29, 1.82) is 0 Å². The number of carbonyl (C=O) groups excluding carboxylic acids is 1. The Morgan fingerprint density at radius 2 is 2.00 bits per heavy atom. The molecule has 0 spiro atoms. The average Bonchev–Trinajstić information content (AvgIpc) is 3.22. The Labute approximate surface area is 217 Å². The van der Waals surface area contributed by atoms with E-state index in [2.05, 4.69) is 31.5 Å². The molecule has 10 heteroatoms. The molecule has 3 aromatic rings. The standard InChI is InChI=1S/C25H28BrN5O3S/c1-7-35-25-29-24-27-15(4)20(23(32)28-18-10-8-9-13(2)14(18)3)21(31(24)30-25)16-11-17(26)22(34-6)19(12-16)33-5/h8-12,21H,7H2,1-6H3,(H,28,32)(H,27,29,30). The minimum Gasteiger partial charge on any atom is -0.493 e. The van der Waals surface area contributed by atoms with E-state index >= 15 is 0 Å². The first kappa shape index (κ1) is 25.1. The molecule has 184 valence electrons. The first-order valence-corrected chi connectivity index (χ1v) is 12.9. The van der Waals surface area contributed by atoms with Gasteiger partial charge in [0.25, 0.3) is 5.91 Å². The molecule has 0 aliphatic carbocycles. The molecule has 1 unspecified atom stereocenters. The van der Waals surface area contributed by atoms with E-state index < -0.39 is 6.04 Å². The van der Waals surface area contributed by atoms with Crippen molar-refractivity contribution in [2.24, 2.45) is 0 Å². The van der Waals surface area contributed by atoms with Gasteiger partial charge in [-0.3, -0.25) is 4.79 Å². The van der Waals surface area contributed by atoms with Crippen LogP contribution in [-0.4, -0.2) is 40.6 Å². The quantitative estimate of drug-likeness (QED) is 0.359. The molecule has 8 nitrogen and oxygen atoms in total. The largest absolute Gasteiger partial charge is 0.493 e. The summed E-state index contributed by atoms with van der Waals surface area (Å²) in [6.45, 7) is 7.95. The maximum Gasteiger partial charge on any atom is 0.255 e. The molecule has 2 N–H and O–H groups in total. The summed E-state index contributed by atoms with van der Waals surface area (Å²) < 4.78 is 13.6. The van der Waals surface area contributed by atoms with Crippen molar-refractivity contribution in [3.63, 3.8) is 0 Å². The molecular formula is C25H28BrN5O3S. The van der Waals surface area contributed by atoms with Gasteiger partial charge >= 0.3 is 0 Å². The fourth-order valence-electron chi connectivity index (χ4n) is 4.10. The predicted molar refractivity (Wildman–Crippen MR) is 143 cm³/mol. The summed E-state index contributed by atoms with van der Waals surface area (Å²) in [6.07, 6.45) is 0. The first-order chi connectivity index (χ1) is 16.8. The van der Waals surface area contributed by atoms with Crippen molar-refractivity contribution >= 4 is 45.2 Å². The van der Waals surface area contributed by atoms with E-state index in [1.54, 1.807) is 30.7 Å². The maximum absolute atomic E-state index is 13.8. The molecule has 0 radical (unpaired) electrons. The highest BCUT2D eigenvalue weighted by atomic mass is 79.9. The third-order valence-electron chi connectivity index (χ3n) is 5.98. The number of rotatable bonds is 7. The Kier molecular flexibility index (Phi) is 7.42. The van der Waals surface area contributed by atoms with E-state index in [1.165, 1.54) is 0 Å². The Balaban J connectivity index is 1.86. The average molecular weight is 559 g/mol. The van der Waals surface area contributed by atoms with Gasteiger partial charge in [0.05, 0.1) is 24.3 Å². The number of anilines is 2. The molecule has 0 bridgehead atoms. The SMILES string of the molecule is CCSc1nc2n(n1)C(c1cc(Br)c(OC)c(OC)c1)C(C(=O)Nc1cccc(C)c1C)=C(C)N2. The molecule has 0 saturated heterocycles. The summed E-state index contributed by atoms with van der Waals surface area (Å²) in [6, 6.07) is 9.13. The number of allylic oxidation sites excluding steroid dienone is 1. The van der Waals surface area contributed by atoms with Crippen LogP contribution in [0, 0.1) is 13.8 Å². The summed E-state index contributed by atoms with van der Waals surface area (Å²) >= 11 is 5.14. The molecule has 1 amide bonds. The first-order valence-electron chi connectivity index (χ1n) is 11.1. The zero-order valence-corrected chi connectivity index (χ0v) is 22.9. The second kappa shape index (κ2) is 10.3.